The first kappa shape index (κ1) is 15.9. The number of aliphatic hydroxyl groups is 1. The van der Waals surface area contributed by atoms with E-state index in [1.165, 1.54) is 0 Å². The molecule has 0 saturated heterocycles. The van der Waals surface area contributed by atoms with Crippen LogP contribution in [-0.2, 0) is 9.36 Å². The van der Waals surface area contributed by atoms with Gasteiger partial charge in [0.05, 0.1) is 6.42 Å². The number of carbonyl (C=O) groups is 1. The van der Waals surface area contributed by atoms with Gasteiger partial charge in [-0.3, -0.25) is 9.36 Å². The van der Waals surface area contributed by atoms with E-state index in [4.69, 9.17) is 19.6 Å². The molecule has 0 fully saturated rings. The Bertz CT molecular complexity index is 291. The Balaban J connectivity index is 4.71. The number of hydrogen-bond donors (Lipinski definition) is 6. The monoisotopic (exact) mass is 275 g/mol. The Morgan fingerprint density at radius 2 is 1.94 bits per heavy atom. The van der Waals surface area contributed by atoms with Gasteiger partial charge < -0.3 is 30.0 Å². The lowest BCUT2D eigenvalue weighted by atomic mass is 10.4. The van der Waals surface area contributed by atoms with Gasteiger partial charge in [-0.2, -0.15) is 0 Å². The van der Waals surface area contributed by atoms with Crippen molar-refractivity contribution in [2.75, 3.05) is 6.54 Å². The van der Waals surface area contributed by atoms with Crippen molar-refractivity contribution in [1.29, 1.82) is 0 Å². The Morgan fingerprint density at radius 3 is 2.25 bits per heavy atom. The summed E-state index contributed by atoms with van der Waals surface area (Å²) in [5, 5.41) is 8.55. The molecule has 1 unspecified atom stereocenters. The summed E-state index contributed by atoms with van der Waals surface area (Å²) < 4.78 is 10.9. The molecule has 0 aliphatic rings. The summed E-state index contributed by atoms with van der Waals surface area (Å²) in [6.45, 7) is 2.03. The molecule has 0 spiro atoms. The number of nitrogens with one attached hydrogen (secondary N) is 1. The highest BCUT2D eigenvalue weighted by atomic mass is 31.2. The molecule has 0 saturated carbocycles. The molecule has 0 aliphatic carbocycles. The lowest BCUT2D eigenvalue weighted by molar-refractivity contribution is -0.123. The average molecular weight is 275 g/mol. The molecular weight excluding hydrogens is 260 g/mol. The molecule has 0 heterocycles. The second-order valence-electron chi connectivity index (χ2n) is 3.13. The van der Waals surface area contributed by atoms with Gasteiger partial charge in [-0.15, -0.1) is 0 Å². The second-order valence-corrected chi connectivity index (χ2v) is 6.63. The highest BCUT2D eigenvalue weighted by Gasteiger charge is 2.53. The Morgan fingerprint density at radius 1 is 1.44 bits per heavy atom. The van der Waals surface area contributed by atoms with Gasteiger partial charge in [0.1, 0.15) is 0 Å². The number of carbonyl (C=O) groups excluding carboxylic acids is 1. The quantitative estimate of drug-likeness (QED) is 0.341. The summed E-state index contributed by atoms with van der Waals surface area (Å²) in [6, 6.07) is 0. The Hall–Kier alpha value is -0.0700. The third-order valence-electron chi connectivity index (χ3n) is 1.76. The van der Waals surface area contributed by atoms with Crippen molar-refractivity contribution in [3.05, 3.63) is 0 Å². The molecule has 0 bridgehead atoms. The summed E-state index contributed by atoms with van der Waals surface area (Å²) in [7, 11) is -8.56. The van der Waals surface area contributed by atoms with E-state index in [0.29, 0.717) is 6.42 Å². The van der Waals surface area contributed by atoms with E-state index >= 15 is 0 Å². The van der Waals surface area contributed by atoms with Gasteiger partial charge in [-0.25, -0.2) is 0 Å². The van der Waals surface area contributed by atoms with Crippen LogP contribution in [0.5, 0.6) is 0 Å². The van der Waals surface area contributed by atoms with Crippen LogP contribution in [0.4, 0.5) is 0 Å². The minimum absolute atomic E-state index is 0.269. The zero-order valence-electron chi connectivity index (χ0n) is 8.57. The normalized spacial score (nSPS) is 15.9. The van der Waals surface area contributed by atoms with Crippen LogP contribution in [0.25, 0.3) is 0 Å². The summed E-state index contributed by atoms with van der Waals surface area (Å²) in [5.41, 5.74) is 0. The van der Waals surface area contributed by atoms with Crippen molar-refractivity contribution in [3.8, 4) is 0 Å². The highest BCUT2D eigenvalue weighted by molar-refractivity contribution is 7.69. The molecular formula is C6H15NO7P2. The second kappa shape index (κ2) is 6.02. The largest absolute Gasteiger partial charge is 0.369 e. The minimum Gasteiger partial charge on any atom is -0.369 e. The van der Waals surface area contributed by atoms with E-state index in [-0.39, 0.29) is 6.54 Å². The van der Waals surface area contributed by atoms with Crippen LogP contribution in [0, 0.1) is 0 Å². The molecule has 0 aromatic heterocycles. The van der Waals surface area contributed by atoms with Crippen molar-refractivity contribution in [3.63, 3.8) is 0 Å². The van der Waals surface area contributed by atoms with Crippen LogP contribution < -0.4 is 5.32 Å². The maximum atomic E-state index is 11.1. The molecule has 0 radical (unpaired) electrons. The first-order valence-electron chi connectivity index (χ1n) is 4.38. The van der Waals surface area contributed by atoms with E-state index in [0.717, 1.165) is 0 Å². The summed E-state index contributed by atoms with van der Waals surface area (Å²) >= 11 is 0. The van der Waals surface area contributed by atoms with Crippen LogP contribution in [0.15, 0.2) is 0 Å². The van der Waals surface area contributed by atoms with Crippen molar-refractivity contribution < 1.29 is 34.0 Å². The summed E-state index contributed by atoms with van der Waals surface area (Å²) in [5.74, 6) is -0.858. The van der Waals surface area contributed by atoms with Crippen molar-refractivity contribution in [2.45, 2.75) is 24.8 Å². The molecule has 10 heteroatoms. The highest BCUT2D eigenvalue weighted by Crippen LogP contribution is 2.64. The third kappa shape index (κ3) is 4.07. The van der Waals surface area contributed by atoms with Crippen molar-refractivity contribution >= 4 is 21.9 Å². The molecule has 1 atom stereocenters. The predicted molar refractivity (Wildman–Crippen MR) is 56.3 cm³/mol. The lowest BCUT2D eigenvalue weighted by Gasteiger charge is -2.28. The van der Waals surface area contributed by atoms with Gasteiger partial charge in [-0.05, 0) is 6.42 Å². The first-order valence-corrected chi connectivity index (χ1v) is 7.23. The van der Waals surface area contributed by atoms with Gasteiger partial charge in [0.2, 0.25) is 19.4 Å². The molecule has 0 aliphatic heterocycles. The first-order chi connectivity index (χ1) is 7.15. The molecule has 8 nitrogen and oxygen atoms in total. The smallest absolute Gasteiger partial charge is 0.366 e. The van der Waals surface area contributed by atoms with Crippen molar-refractivity contribution in [2.24, 2.45) is 0 Å². The molecule has 6 N–H and O–H groups in total. The van der Waals surface area contributed by atoms with Crippen LogP contribution in [0.2, 0.25) is 0 Å². The van der Waals surface area contributed by atoms with Gasteiger partial charge >= 0.3 is 7.60 Å². The predicted octanol–water partition coefficient (Wildman–Crippen LogP) is -0.977. The van der Waals surface area contributed by atoms with Gasteiger partial charge in [0.25, 0.3) is 0 Å². The molecule has 1 amide bonds. The van der Waals surface area contributed by atoms with Gasteiger partial charge in [0, 0.05) is 6.54 Å². The fourth-order valence-electron chi connectivity index (χ4n) is 0.833. The maximum Gasteiger partial charge on any atom is 0.366 e. The van der Waals surface area contributed by atoms with Gasteiger partial charge in [0.15, 0.2) is 0 Å². The average Bonchev–Trinajstić information content (AvgIpc) is 2.12. The van der Waals surface area contributed by atoms with Gasteiger partial charge in [-0.1, -0.05) is 6.92 Å². The van der Waals surface area contributed by atoms with E-state index in [1.807, 2.05) is 0 Å². The van der Waals surface area contributed by atoms with Crippen LogP contribution in [0.1, 0.15) is 19.8 Å². The fourth-order valence-corrected chi connectivity index (χ4v) is 2.40. The van der Waals surface area contributed by atoms with E-state index < -0.39 is 33.4 Å². The third-order valence-corrected chi connectivity index (χ3v) is 4.96. The standard InChI is InChI=1S/C6H15NO7P2/c1-2-3-7-5(8)4-6(9,15(10)11)16(12,13)14/h9-11H,2-4H2,1H3,(H,7,8)(H2,12,13,14). The number of rotatable bonds is 6. The zero-order valence-corrected chi connectivity index (χ0v) is 10.4. The fraction of sp³-hybridized carbons (Fsp3) is 0.833. The van der Waals surface area contributed by atoms with Crippen molar-refractivity contribution in [1.82, 2.24) is 5.32 Å². The molecule has 96 valence electrons. The molecule has 16 heavy (non-hydrogen) atoms. The maximum absolute atomic E-state index is 11.1. The topological polar surface area (TPSA) is 147 Å². The lowest BCUT2D eigenvalue weighted by Crippen LogP contribution is -2.35. The molecule has 0 aromatic carbocycles. The van der Waals surface area contributed by atoms with E-state index in [2.05, 4.69) is 5.32 Å². The number of hydrogen-bond acceptors (Lipinski definition) is 5. The van der Waals surface area contributed by atoms with Crippen LogP contribution in [0.3, 0.4) is 0 Å². The van der Waals surface area contributed by atoms with E-state index in [9.17, 15) is 14.5 Å². The molecule has 0 aromatic rings. The Labute approximate surface area is 93.4 Å². The summed E-state index contributed by atoms with van der Waals surface area (Å²) in [6.07, 6.45) is -0.455. The number of amides is 1. The molecule has 0 rings (SSSR count). The summed E-state index contributed by atoms with van der Waals surface area (Å²) in [4.78, 5) is 46.2. The Kier molecular flexibility index (Phi) is 6.00. The van der Waals surface area contributed by atoms with E-state index in [1.54, 1.807) is 6.92 Å². The minimum atomic E-state index is -5.21. The zero-order chi connectivity index (χ0) is 13.0. The van der Waals surface area contributed by atoms with Crippen LogP contribution in [-0.4, -0.2) is 42.2 Å². The SMILES string of the molecule is CCCNC(=O)CC(O)(P(O)O)P(=O)(O)O. The van der Waals surface area contributed by atoms with Crippen LogP contribution >= 0.6 is 16.0 Å².